The van der Waals surface area contributed by atoms with Gasteiger partial charge in [0.1, 0.15) is 4.21 Å². The van der Waals surface area contributed by atoms with E-state index in [9.17, 15) is 18.0 Å². The Balaban J connectivity index is 1.76. The molecule has 9 heteroatoms. The number of allylic oxidation sites excluding steroid dienone is 2. The number of nitrogens with one attached hydrogen (secondary N) is 1. The standard InChI is InChI=1S/C21H14N2O5S2/c24-20-16-5-2-1-4-15(16)17(23-30(27,28)19-6-3-11-29-19)12-18(20)22-14-9-7-13(8-10-14)21(25)26/h1-12,22H,(H,25,26)/b23-17+. The van der Waals surface area contributed by atoms with E-state index in [1.54, 1.807) is 35.7 Å². The molecule has 0 bridgehead atoms. The summed E-state index contributed by atoms with van der Waals surface area (Å²) >= 11 is 1.06. The number of hydrogen-bond acceptors (Lipinski definition) is 6. The molecule has 0 atom stereocenters. The monoisotopic (exact) mass is 438 g/mol. The second-order valence-electron chi connectivity index (χ2n) is 6.32. The topological polar surface area (TPSA) is 113 Å². The molecule has 0 amide bonds. The van der Waals surface area contributed by atoms with Gasteiger partial charge in [0.05, 0.1) is 17.0 Å². The summed E-state index contributed by atoms with van der Waals surface area (Å²) in [5.74, 6) is -1.38. The highest BCUT2D eigenvalue weighted by Gasteiger charge is 2.26. The van der Waals surface area contributed by atoms with Crippen LogP contribution in [0.1, 0.15) is 26.3 Å². The van der Waals surface area contributed by atoms with Crippen molar-refractivity contribution in [1.82, 2.24) is 0 Å². The molecule has 2 aromatic carbocycles. The Labute approximate surface area is 176 Å². The molecule has 2 N–H and O–H groups in total. The van der Waals surface area contributed by atoms with Crippen LogP contribution >= 0.6 is 11.3 Å². The third-order valence-corrected chi connectivity index (χ3v) is 7.02. The lowest BCUT2D eigenvalue weighted by Gasteiger charge is -2.18. The lowest BCUT2D eigenvalue weighted by atomic mass is 9.92. The van der Waals surface area contributed by atoms with Crippen molar-refractivity contribution in [3.05, 3.63) is 94.5 Å². The van der Waals surface area contributed by atoms with E-state index >= 15 is 0 Å². The van der Waals surface area contributed by atoms with Gasteiger partial charge in [0.15, 0.2) is 0 Å². The van der Waals surface area contributed by atoms with Gasteiger partial charge in [0.25, 0.3) is 10.0 Å². The molecule has 0 radical (unpaired) electrons. The fourth-order valence-electron chi connectivity index (χ4n) is 2.93. The molecule has 7 nitrogen and oxygen atoms in total. The number of sulfonamides is 1. The number of ketones is 1. The molecule has 1 aliphatic carbocycles. The predicted octanol–water partition coefficient (Wildman–Crippen LogP) is 3.82. The van der Waals surface area contributed by atoms with Crippen LogP contribution in [0.15, 0.2) is 86.4 Å². The largest absolute Gasteiger partial charge is 0.478 e. The quantitative estimate of drug-likeness (QED) is 0.626. The SMILES string of the molecule is O=C(O)c1ccc(NC2=C/C(=N\S(=O)(=O)c3cccs3)c3ccccc3C2=O)cc1. The Morgan fingerprint density at radius 2 is 1.67 bits per heavy atom. The number of anilines is 1. The van der Waals surface area contributed by atoms with E-state index in [1.807, 2.05) is 0 Å². The average Bonchev–Trinajstić information content (AvgIpc) is 3.28. The normalized spacial score (nSPS) is 14.9. The van der Waals surface area contributed by atoms with E-state index < -0.39 is 16.0 Å². The molecule has 1 aromatic heterocycles. The zero-order valence-electron chi connectivity index (χ0n) is 15.3. The van der Waals surface area contributed by atoms with Crippen molar-refractivity contribution in [3.8, 4) is 0 Å². The molecule has 0 unspecified atom stereocenters. The van der Waals surface area contributed by atoms with Crippen LogP contribution in [0.25, 0.3) is 0 Å². The van der Waals surface area contributed by atoms with E-state index in [-0.39, 0.29) is 27.0 Å². The number of hydrogen-bond donors (Lipinski definition) is 2. The van der Waals surface area contributed by atoms with E-state index in [0.29, 0.717) is 16.8 Å². The van der Waals surface area contributed by atoms with Crippen LogP contribution < -0.4 is 5.32 Å². The Morgan fingerprint density at radius 1 is 0.967 bits per heavy atom. The third-order valence-electron chi connectivity index (χ3n) is 4.35. The Kier molecular flexibility index (Phi) is 5.06. The number of carbonyl (C=O) groups is 2. The lowest BCUT2D eigenvalue weighted by molar-refractivity contribution is 0.0696. The number of nitrogens with zero attached hydrogens (tertiary/aromatic N) is 1. The van der Waals surface area contributed by atoms with Crippen LogP contribution in [0.4, 0.5) is 5.69 Å². The molecule has 0 fully saturated rings. The van der Waals surface area contributed by atoms with Gasteiger partial charge in [-0.1, -0.05) is 30.3 Å². The number of carbonyl (C=O) groups excluding carboxylic acids is 1. The number of fused-ring (bicyclic) bond motifs is 1. The predicted molar refractivity (Wildman–Crippen MR) is 114 cm³/mol. The molecule has 150 valence electrons. The van der Waals surface area contributed by atoms with Crippen molar-refractivity contribution in [2.24, 2.45) is 4.40 Å². The third kappa shape index (κ3) is 3.80. The number of benzene rings is 2. The minimum absolute atomic E-state index is 0.108. The molecular formula is C21H14N2O5S2. The number of thiophene rings is 1. The summed E-state index contributed by atoms with van der Waals surface area (Å²) < 4.78 is 29.4. The van der Waals surface area contributed by atoms with Gasteiger partial charge in [-0.15, -0.1) is 11.3 Å². The summed E-state index contributed by atoms with van der Waals surface area (Å²) in [6.07, 6.45) is 1.39. The van der Waals surface area contributed by atoms with Gasteiger partial charge in [-0.3, -0.25) is 4.79 Å². The summed E-state index contributed by atoms with van der Waals surface area (Å²) in [5, 5.41) is 13.6. The second-order valence-corrected chi connectivity index (χ2v) is 9.10. The summed E-state index contributed by atoms with van der Waals surface area (Å²) in [4.78, 5) is 23.9. The van der Waals surface area contributed by atoms with Gasteiger partial charge in [-0.2, -0.15) is 12.8 Å². The average molecular weight is 438 g/mol. The Bertz CT molecular complexity index is 1310. The van der Waals surface area contributed by atoms with Crippen molar-refractivity contribution >= 4 is 44.5 Å². The number of rotatable bonds is 5. The molecule has 0 aliphatic heterocycles. The molecule has 0 saturated carbocycles. The van der Waals surface area contributed by atoms with E-state index in [0.717, 1.165) is 11.3 Å². The molecule has 0 saturated heterocycles. The number of carboxylic acids is 1. The Morgan fingerprint density at radius 3 is 2.30 bits per heavy atom. The molecule has 30 heavy (non-hydrogen) atoms. The zero-order valence-corrected chi connectivity index (χ0v) is 16.9. The maximum absolute atomic E-state index is 12.9. The van der Waals surface area contributed by atoms with Crippen molar-refractivity contribution in [2.75, 3.05) is 5.32 Å². The van der Waals surface area contributed by atoms with Gasteiger partial charge < -0.3 is 10.4 Å². The first kappa shape index (κ1) is 19.7. The van der Waals surface area contributed by atoms with E-state index in [4.69, 9.17) is 5.11 Å². The highest BCUT2D eigenvalue weighted by molar-refractivity contribution is 7.92. The summed E-state index contributed by atoms with van der Waals surface area (Å²) in [6, 6.07) is 15.6. The maximum atomic E-state index is 12.9. The van der Waals surface area contributed by atoms with Gasteiger partial charge in [-0.25, -0.2) is 4.79 Å². The lowest BCUT2D eigenvalue weighted by Crippen LogP contribution is -2.22. The first-order valence-corrected chi connectivity index (χ1v) is 11.0. The number of carboxylic acid groups (broad SMARTS) is 1. The fraction of sp³-hybridized carbons (Fsp3) is 0. The highest BCUT2D eigenvalue weighted by atomic mass is 32.2. The Hall–Kier alpha value is -3.56. The van der Waals surface area contributed by atoms with Crippen LogP contribution in [0.2, 0.25) is 0 Å². The van der Waals surface area contributed by atoms with Crippen molar-refractivity contribution in [3.63, 3.8) is 0 Å². The summed E-state index contributed by atoms with van der Waals surface area (Å²) in [7, 11) is -3.93. The minimum atomic E-state index is -3.93. The van der Waals surface area contributed by atoms with Crippen molar-refractivity contribution in [2.45, 2.75) is 4.21 Å². The van der Waals surface area contributed by atoms with Crippen LogP contribution in [-0.4, -0.2) is 31.0 Å². The summed E-state index contributed by atoms with van der Waals surface area (Å²) in [5.41, 5.74) is 1.62. The first-order chi connectivity index (χ1) is 14.3. The fourth-order valence-corrected chi connectivity index (χ4v) is 4.90. The number of aromatic carboxylic acids is 1. The molecule has 4 rings (SSSR count). The van der Waals surface area contributed by atoms with Crippen LogP contribution in [0.3, 0.4) is 0 Å². The molecular weight excluding hydrogens is 424 g/mol. The van der Waals surface area contributed by atoms with Gasteiger partial charge in [-0.05, 0) is 41.8 Å². The molecule has 1 heterocycles. The van der Waals surface area contributed by atoms with Crippen LogP contribution in [0, 0.1) is 0 Å². The molecule has 3 aromatic rings. The second kappa shape index (κ2) is 7.69. The number of Topliss-reactive ketones (excluding diaryl/α,β-unsaturated/α-hetero) is 1. The van der Waals surface area contributed by atoms with Crippen LogP contribution in [0.5, 0.6) is 0 Å². The van der Waals surface area contributed by atoms with Crippen molar-refractivity contribution < 1.29 is 23.1 Å². The molecule has 0 spiro atoms. The highest BCUT2D eigenvalue weighted by Crippen LogP contribution is 2.26. The van der Waals surface area contributed by atoms with Gasteiger partial charge in [0, 0.05) is 16.8 Å². The maximum Gasteiger partial charge on any atom is 0.335 e. The van der Waals surface area contributed by atoms with E-state index in [1.165, 1.54) is 36.4 Å². The van der Waals surface area contributed by atoms with Crippen LogP contribution in [-0.2, 0) is 10.0 Å². The molecule has 1 aliphatic rings. The van der Waals surface area contributed by atoms with Gasteiger partial charge >= 0.3 is 5.97 Å². The van der Waals surface area contributed by atoms with Gasteiger partial charge in [0.2, 0.25) is 5.78 Å². The smallest absolute Gasteiger partial charge is 0.335 e. The zero-order chi connectivity index (χ0) is 21.3. The first-order valence-electron chi connectivity index (χ1n) is 8.70. The van der Waals surface area contributed by atoms with E-state index in [2.05, 4.69) is 9.71 Å². The minimum Gasteiger partial charge on any atom is -0.478 e. The summed E-state index contributed by atoms with van der Waals surface area (Å²) in [6.45, 7) is 0. The van der Waals surface area contributed by atoms with Crippen molar-refractivity contribution in [1.29, 1.82) is 0 Å².